The molecule has 2 saturated carbocycles. The fraction of sp³-hybridized carbons (Fsp3) is 0.542. The molecule has 0 aliphatic heterocycles. The molecule has 0 N–H and O–H groups in total. The van der Waals surface area contributed by atoms with E-state index >= 15 is 0 Å². The van der Waals surface area contributed by atoms with Gasteiger partial charge in [0, 0.05) is 0 Å². The van der Waals surface area contributed by atoms with Crippen molar-refractivity contribution >= 4 is 0 Å². The molecule has 0 heterocycles. The average molecular weight is 421 g/mol. The van der Waals surface area contributed by atoms with Crippen molar-refractivity contribution < 1.29 is 22.3 Å². The highest BCUT2D eigenvalue weighted by Crippen LogP contribution is 2.38. The van der Waals surface area contributed by atoms with Gasteiger partial charge in [0.1, 0.15) is 11.8 Å². The van der Waals surface area contributed by atoms with E-state index < -0.39 is 12.2 Å². The molecule has 1 aromatic carbocycles. The first-order valence-electron chi connectivity index (χ1n) is 10.6. The van der Waals surface area contributed by atoms with Gasteiger partial charge in [0.15, 0.2) is 5.83 Å². The maximum atomic E-state index is 13.1. The Hall–Kier alpha value is -2.29. The summed E-state index contributed by atoms with van der Waals surface area (Å²) in [6.07, 6.45) is 9.55. The molecule has 0 saturated heterocycles. The lowest BCUT2D eigenvalue weighted by atomic mass is 9.77. The maximum absolute atomic E-state index is 13.1. The first-order valence-corrected chi connectivity index (χ1v) is 10.6. The molecule has 162 valence electrons. The largest absolute Gasteiger partial charge is 0.573 e. The van der Waals surface area contributed by atoms with Crippen molar-refractivity contribution in [2.45, 2.75) is 63.6 Å². The van der Waals surface area contributed by atoms with Gasteiger partial charge in [-0.2, -0.15) is 9.65 Å². The SMILES string of the molecule is N#CC(F)=CC1CCC(/C=C/C2CCC(c3ccc(OC(F)(F)F)cc3)CC2)CC1. The molecule has 0 bridgehead atoms. The Morgan fingerprint density at radius 3 is 1.87 bits per heavy atom. The molecule has 1 aromatic rings. The molecule has 2 nitrogen and oxygen atoms in total. The van der Waals surface area contributed by atoms with Crippen molar-refractivity contribution in [2.75, 3.05) is 0 Å². The van der Waals surface area contributed by atoms with Gasteiger partial charge in [0.2, 0.25) is 0 Å². The molecule has 3 rings (SSSR count). The Bertz CT molecular complexity index is 775. The number of alkyl halides is 3. The minimum atomic E-state index is -4.66. The molecule has 0 unspecified atom stereocenters. The Balaban J connectivity index is 1.42. The van der Waals surface area contributed by atoms with Crippen LogP contribution in [0.15, 0.2) is 48.3 Å². The van der Waals surface area contributed by atoms with E-state index in [1.54, 1.807) is 18.2 Å². The number of benzene rings is 1. The lowest BCUT2D eigenvalue weighted by Gasteiger charge is -2.28. The van der Waals surface area contributed by atoms with Gasteiger partial charge in [-0.05, 0) is 98.8 Å². The number of nitrogens with zero attached hydrogens (tertiary/aromatic N) is 1. The van der Waals surface area contributed by atoms with Crippen LogP contribution in [0.1, 0.15) is 62.8 Å². The third-order valence-electron chi connectivity index (χ3n) is 6.32. The topological polar surface area (TPSA) is 33.0 Å². The summed E-state index contributed by atoms with van der Waals surface area (Å²) in [7, 11) is 0. The van der Waals surface area contributed by atoms with Crippen LogP contribution in [-0.4, -0.2) is 6.36 Å². The van der Waals surface area contributed by atoms with Crippen LogP contribution in [0, 0.1) is 29.1 Å². The Morgan fingerprint density at radius 1 is 0.867 bits per heavy atom. The lowest BCUT2D eigenvalue weighted by Crippen LogP contribution is -2.17. The Labute approximate surface area is 175 Å². The zero-order valence-electron chi connectivity index (χ0n) is 16.9. The molecule has 0 spiro atoms. The van der Waals surface area contributed by atoms with Crippen LogP contribution in [0.5, 0.6) is 5.75 Å². The predicted molar refractivity (Wildman–Crippen MR) is 107 cm³/mol. The molecule has 2 fully saturated rings. The summed E-state index contributed by atoms with van der Waals surface area (Å²) in [5.74, 6) is 0.780. The van der Waals surface area contributed by atoms with Crippen molar-refractivity contribution in [3.8, 4) is 11.8 Å². The number of hydrogen-bond acceptors (Lipinski definition) is 2. The smallest absolute Gasteiger partial charge is 0.406 e. The van der Waals surface area contributed by atoms with Crippen molar-refractivity contribution in [1.82, 2.24) is 0 Å². The molecule has 0 amide bonds. The van der Waals surface area contributed by atoms with E-state index in [-0.39, 0.29) is 11.7 Å². The first-order chi connectivity index (χ1) is 14.3. The second-order valence-electron chi connectivity index (χ2n) is 8.41. The van der Waals surface area contributed by atoms with Crippen LogP contribution < -0.4 is 4.74 Å². The van der Waals surface area contributed by atoms with Gasteiger partial charge in [-0.25, -0.2) is 0 Å². The van der Waals surface area contributed by atoms with Crippen LogP contribution in [0.2, 0.25) is 0 Å². The van der Waals surface area contributed by atoms with Crippen molar-refractivity contribution in [3.05, 3.63) is 53.9 Å². The molecule has 2 aliphatic rings. The summed E-state index contributed by atoms with van der Waals surface area (Å²) in [5.41, 5.74) is 1.07. The Morgan fingerprint density at radius 2 is 1.37 bits per heavy atom. The van der Waals surface area contributed by atoms with E-state index in [4.69, 9.17) is 5.26 Å². The van der Waals surface area contributed by atoms with Crippen LogP contribution >= 0.6 is 0 Å². The zero-order valence-corrected chi connectivity index (χ0v) is 16.9. The highest BCUT2D eigenvalue weighted by atomic mass is 19.4. The summed E-state index contributed by atoms with van der Waals surface area (Å²) in [6, 6.07) is 7.81. The molecule has 0 aromatic heterocycles. The normalized spacial score (nSPS) is 28.3. The minimum Gasteiger partial charge on any atom is -0.406 e. The van der Waals surface area contributed by atoms with E-state index in [9.17, 15) is 17.6 Å². The number of hydrogen-bond donors (Lipinski definition) is 0. The quantitative estimate of drug-likeness (QED) is 0.279. The average Bonchev–Trinajstić information content (AvgIpc) is 2.73. The van der Waals surface area contributed by atoms with E-state index in [1.807, 2.05) is 0 Å². The summed E-state index contributed by atoms with van der Waals surface area (Å²) in [6.45, 7) is 0. The van der Waals surface area contributed by atoms with E-state index in [2.05, 4.69) is 16.9 Å². The molecular weight excluding hydrogens is 394 g/mol. The third-order valence-corrected chi connectivity index (χ3v) is 6.32. The molecule has 6 heteroatoms. The summed E-state index contributed by atoms with van der Waals surface area (Å²) < 4.78 is 53.8. The van der Waals surface area contributed by atoms with E-state index in [1.165, 1.54) is 18.2 Å². The van der Waals surface area contributed by atoms with Gasteiger partial charge < -0.3 is 4.74 Å². The molecule has 0 radical (unpaired) electrons. The van der Waals surface area contributed by atoms with Crippen LogP contribution in [0.25, 0.3) is 0 Å². The van der Waals surface area contributed by atoms with Crippen LogP contribution in [0.3, 0.4) is 0 Å². The van der Waals surface area contributed by atoms with Gasteiger partial charge in [0.25, 0.3) is 0 Å². The van der Waals surface area contributed by atoms with Crippen LogP contribution in [-0.2, 0) is 0 Å². The second-order valence-corrected chi connectivity index (χ2v) is 8.41. The van der Waals surface area contributed by atoms with Gasteiger partial charge >= 0.3 is 6.36 Å². The minimum absolute atomic E-state index is 0.177. The third kappa shape index (κ3) is 6.90. The van der Waals surface area contributed by atoms with Crippen molar-refractivity contribution in [1.29, 1.82) is 5.26 Å². The standard InChI is InChI=1S/C24H27F4NO/c25-22(16-29)15-19-5-3-17(4-6-19)1-2-18-7-9-20(10-8-18)21-11-13-23(14-12-21)30-24(26,27)28/h1-2,11-15,17-20H,3-10H2/b2-1+,22-15?. The van der Waals surface area contributed by atoms with Gasteiger partial charge in [-0.1, -0.05) is 24.3 Å². The molecule has 0 atom stereocenters. The number of halogens is 4. The van der Waals surface area contributed by atoms with E-state index in [0.717, 1.165) is 56.9 Å². The predicted octanol–water partition coefficient (Wildman–Crippen LogP) is 7.60. The number of nitriles is 1. The van der Waals surface area contributed by atoms with Crippen LogP contribution in [0.4, 0.5) is 17.6 Å². The van der Waals surface area contributed by atoms with Gasteiger partial charge in [-0.3, -0.25) is 0 Å². The van der Waals surface area contributed by atoms with Crippen molar-refractivity contribution in [2.24, 2.45) is 17.8 Å². The number of rotatable bonds is 5. The maximum Gasteiger partial charge on any atom is 0.573 e. The van der Waals surface area contributed by atoms with E-state index in [0.29, 0.717) is 17.8 Å². The van der Waals surface area contributed by atoms with Gasteiger partial charge in [0.05, 0.1) is 0 Å². The van der Waals surface area contributed by atoms with Gasteiger partial charge in [-0.15, -0.1) is 13.2 Å². The highest BCUT2D eigenvalue weighted by molar-refractivity contribution is 5.30. The molecule has 2 aliphatic carbocycles. The summed E-state index contributed by atoms with van der Waals surface area (Å²) >= 11 is 0. The Kier molecular flexibility index (Phi) is 7.58. The number of allylic oxidation sites excluding steroid dienone is 4. The fourth-order valence-corrected chi connectivity index (χ4v) is 4.65. The monoisotopic (exact) mass is 421 g/mol. The first kappa shape index (κ1) is 22.4. The van der Waals surface area contributed by atoms with Crippen molar-refractivity contribution in [3.63, 3.8) is 0 Å². The fourth-order valence-electron chi connectivity index (χ4n) is 4.65. The summed E-state index contributed by atoms with van der Waals surface area (Å²) in [5, 5.41) is 8.54. The number of ether oxygens (including phenoxy) is 1. The second kappa shape index (κ2) is 10.1. The zero-order chi connectivity index (χ0) is 21.6. The highest BCUT2D eigenvalue weighted by Gasteiger charge is 2.31. The lowest BCUT2D eigenvalue weighted by molar-refractivity contribution is -0.274. The molecular formula is C24H27F4NO. The summed E-state index contributed by atoms with van der Waals surface area (Å²) in [4.78, 5) is 0. The molecule has 30 heavy (non-hydrogen) atoms.